The van der Waals surface area contributed by atoms with Crippen LogP contribution in [0.25, 0.3) is 0 Å². The average Bonchev–Trinajstić information content (AvgIpc) is 2.74. The van der Waals surface area contributed by atoms with Crippen molar-refractivity contribution in [1.82, 2.24) is 0 Å². The molecule has 2 bridgehead atoms. The van der Waals surface area contributed by atoms with Gasteiger partial charge in [-0.25, -0.2) is 0 Å². The van der Waals surface area contributed by atoms with Gasteiger partial charge in [0.15, 0.2) is 10.8 Å². The Balaban J connectivity index is 2.81. The van der Waals surface area contributed by atoms with Crippen molar-refractivity contribution in [3.63, 3.8) is 0 Å². The Bertz CT molecular complexity index is 702. The molecule has 3 fully saturated rings. The fourth-order valence-electron chi connectivity index (χ4n) is 7.54. The first-order chi connectivity index (χ1) is 15.5. The van der Waals surface area contributed by atoms with E-state index in [9.17, 15) is 52.7 Å². The number of alkyl halides is 12. The lowest BCUT2D eigenvalue weighted by molar-refractivity contribution is -0.386. The maximum absolute atomic E-state index is 14.2. The molecule has 0 heterocycles. The Kier molecular flexibility index (Phi) is 7.71. The molecule has 35 heavy (non-hydrogen) atoms. The zero-order valence-electron chi connectivity index (χ0n) is 20.1. The molecular formula is C23H32F12. The van der Waals surface area contributed by atoms with Crippen LogP contribution in [0.4, 0.5) is 52.7 Å². The van der Waals surface area contributed by atoms with Crippen molar-refractivity contribution in [3.8, 4) is 0 Å². The summed E-state index contributed by atoms with van der Waals surface area (Å²) in [6, 6.07) is 0. The van der Waals surface area contributed by atoms with Crippen LogP contribution in [0.2, 0.25) is 0 Å². The maximum atomic E-state index is 14.2. The molecule has 0 aromatic rings. The Hall–Kier alpha value is -0.840. The highest BCUT2D eigenvalue weighted by atomic mass is 19.4. The van der Waals surface area contributed by atoms with Crippen molar-refractivity contribution >= 4 is 0 Å². The highest BCUT2D eigenvalue weighted by molar-refractivity contribution is 5.12. The van der Waals surface area contributed by atoms with Crippen molar-refractivity contribution in [2.24, 2.45) is 33.5 Å². The zero-order valence-corrected chi connectivity index (χ0v) is 20.1. The fraction of sp³-hybridized carbons (Fsp3) is 1.00. The van der Waals surface area contributed by atoms with Gasteiger partial charge in [-0.05, 0) is 75.0 Å². The van der Waals surface area contributed by atoms with Crippen molar-refractivity contribution in [2.75, 3.05) is 0 Å². The Morgan fingerprint density at radius 2 is 0.886 bits per heavy atom. The van der Waals surface area contributed by atoms with E-state index in [1.165, 1.54) is 13.8 Å². The first-order valence-corrected chi connectivity index (χ1v) is 11.8. The minimum atomic E-state index is -5.71. The third-order valence-electron chi connectivity index (χ3n) is 9.92. The molecule has 0 aromatic heterocycles. The van der Waals surface area contributed by atoms with E-state index in [4.69, 9.17) is 0 Å². The van der Waals surface area contributed by atoms with Gasteiger partial charge < -0.3 is 0 Å². The maximum Gasteiger partial charge on any atom is 0.403 e. The van der Waals surface area contributed by atoms with E-state index >= 15 is 0 Å². The number of fused-ring (bicyclic) bond motifs is 7. The summed E-state index contributed by atoms with van der Waals surface area (Å²) in [5.41, 5.74) is -13.1. The third-order valence-corrected chi connectivity index (χ3v) is 9.92. The van der Waals surface area contributed by atoms with E-state index in [0.29, 0.717) is 0 Å². The molecule has 208 valence electrons. The normalized spacial score (nSPS) is 32.6. The van der Waals surface area contributed by atoms with Gasteiger partial charge in [-0.3, -0.25) is 0 Å². The Morgan fingerprint density at radius 3 is 1.20 bits per heavy atom. The highest BCUT2D eigenvalue weighted by Gasteiger charge is 2.79. The molecule has 0 spiro atoms. The van der Waals surface area contributed by atoms with Crippen LogP contribution in [0.3, 0.4) is 0 Å². The topological polar surface area (TPSA) is 0 Å². The summed E-state index contributed by atoms with van der Waals surface area (Å²) in [6.07, 6.45) is -27.8. The third kappa shape index (κ3) is 4.14. The van der Waals surface area contributed by atoms with Crippen LogP contribution in [-0.4, -0.2) is 24.7 Å². The first kappa shape index (κ1) is 30.4. The molecule has 0 nitrogen and oxygen atoms in total. The standard InChI is InChI=1S/C23H32F12/c1-5-15-9-8-14(2)18(16(3,20(24,25)26)21(27,28)29)10-6-12-19(15,13-7-11-18)17(4,22(30,31)32)23(33,34)35/h14-15H,5-13H2,1-4H3. The van der Waals surface area contributed by atoms with Gasteiger partial charge in [0.05, 0.1) is 0 Å². The minimum Gasteiger partial charge on any atom is -0.170 e. The average molecular weight is 536 g/mol. The van der Waals surface area contributed by atoms with Crippen LogP contribution in [0.5, 0.6) is 0 Å². The van der Waals surface area contributed by atoms with Crippen LogP contribution >= 0.6 is 0 Å². The summed E-state index contributed by atoms with van der Waals surface area (Å²) in [5.74, 6) is -2.39. The number of halogens is 12. The molecule has 0 aromatic carbocycles. The monoisotopic (exact) mass is 536 g/mol. The smallest absolute Gasteiger partial charge is 0.170 e. The van der Waals surface area contributed by atoms with E-state index < -0.39 is 96.7 Å². The Labute approximate surface area is 197 Å². The zero-order chi connectivity index (χ0) is 27.5. The van der Waals surface area contributed by atoms with E-state index in [-0.39, 0.29) is 33.1 Å². The second-order valence-electron chi connectivity index (χ2n) is 10.8. The van der Waals surface area contributed by atoms with Crippen molar-refractivity contribution in [2.45, 2.75) is 110 Å². The lowest BCUT2D eigenvalue weighted by Gasteiger charge is -2.57. The lowest BCUT2D eigenvalue weighted by atomic mass is 9.49. The summed E-state index contributed by atoms with van der Waals surface area (Å²) in [7, 11) is 0. The van der Waals surface area contributed by atoms with Gasteiger partial charge in [0, 0.05) is 0 Å². The summed E-state index contributed by atoms with van der Waals surface area (Å²) < 4.78 is 171. The van der Waals surface area contributed by atoms with E-state index in [0.717, 1.165) is 0 Å². The van der Waals surface area contributed by atoms with E-state index in [2.05, 4.69) is 0 Å². The second kappa shape index (κ2) is 8.88. The molecule has 0 saturated heterocycles. The fourth-order valence-corrected chi connectivity index (χ4v) is 7.54. The second-order valence-corrected chi connectivity index (χ2v) is 10.8. The minimum absolute atomic E-state index is 0.0999. The molecule has 3 saturated carbocycles. The summed E-state index contributed by atoms with van der Waals surface area (Å²) in [6.45, 7) is 2.87. The first-order valence-electron chi connectivity index (χ1n) is 11.8. The molecule has 12 heteroatoms. The molecule has 2 atom stereocenters. The molecule has 0 amide bonds. The summed E-state index contributed by atoms with van der Waals surface area (Å²) in [4.78, 5) is 0. The van der Waals surface area contributed by atoms with Crippen LogP contribution in [0.1, 0.15) is 85.5 Å². The van der Waals surface area contributed by atoms with Gasteiger partial charge in [-0.1, -0.05) is 33.1 Å². The molecule has 3 aliphatic rings. The van der Waals surface area contributed by atoms with Gasteiger partial charge in [0.1, 0.15) is 0 Å². The van der Waals surface area contributed by atoms with Gasteiger partial charge in [-0.2, -0.15) is 52.7 Å². The quantitative estimate of drug-likeness (QED) is 0.315. The molecule has 0 N–H and O–H groups in total. The summed E-state index contributed by atoms with van der Waals surface area (Å²) >= 11 is 0. The molecule has 0 aliphatic heterocycles. The van der Waals surface area contributed by atoms with Crippen LogP contribution < -0.4 is 0 Å². The van der Waals surface area contributed by atoms with Crippen LogP contribution in [0, 0.1) is 33.5 Å². The van der Waals surface area contributed by atoms with Crippen molar-refractivity contribution < 1.29 is 52.7 Å². The largest absolute Gasteiger partial charge is 0.403 e. The molecule has 3 aliphatic carbocycles. The van der Waals surface area contributed by atoms with E-state index in [1.807, 2.05) is 0 Å². The number of hydrogen-bond donors (Lipinski definition) is 0. The van der Waals surface area contributed by atoms with E-state index in [1.54, 1.807) is 0 Å². The number of hydrogen-bond acceptors (Lipinski definition) is 0. The molecule has 0 radical (unpaired) electrons. The van der Waals surface area contributed by atoms with Gasteiger partial charge in [-0.15, -0.1) is 0 Å². The molecule has 3 rings (SSSR count). The van der Waals surface area contributed by atoms with Crippen molar-refractivity contribution in [3.05, 3.63) is 0 Å². The predicted octanol–water partition coefficient (Wildman–Crippen LogP) is 10.0. The predicted molar refractivity (Wildman–Crippen MR) is 105 cm³/mol. The lowest BCUT2D eigenvalue weighted by Crippen LogP contribution is -2.63. The van der Waals surface area contributed by atoms with Crippen molar-refractivity contribution in [1.29, 1.82) is 0 Å². The van der Waals surface area contributed by atoms with Gasteiger partial charge in [0.25, 0.3) is 0 Å². The molecular weight excluding hydrogens is 504 g/mol. The summed E-state index contributed by atoms with van der Waals surface area (Å²) in [5, 5.41) is 0. The highest BCUT2D eigenvalue weighted by Crippen LogP contribution is 2.72. The molecule has 2 unspecified atom stereocenters. The SMILES string of the molecule is CCC1CCC(C)C2(C(C)(C(F)(F)F)C(F)(F)F)CCCC1(C(C)(C(F)(F)F)C(F)(F)F)CCC2. The Morgan fingerprint density at radius 1 is 0.571 bits per heavy atom. The van der Waals surface area contributed by atoms with Crippen LogP contribution in [-0.2, 0) is 0 Å². The van der Waals surface area contributed by atoms with Gasteiger partial charge >= 0.3 is 24.7 Å². The van der Waals surface area contributed by atoms with Gasteiger partial charge in [0.2, 0.25) is 0 Å². The van der Waals surface area contributed by atoms with Crippen LogP contribution in [0.15, 0.2) is 0 Å². The number of rotatable bonds is 3.